The van der Waals surface area contributed by atoms with Crippen molar-refractivity contribution in [2.24, 2.45) is 0 Å². The molecule has 98 valence electrons. The molecule has 0 amide bonds. The maximum atomic E-state index is 13.5. The van der Waals surface area contributed by atoms with Crippen LogP contribution in [0.2, 0.25) is 0 Å². The molecule has 0 aliphatic carbocycles. The first-order chi connectivity index (χ1) is 8.97. The molecule has 2 aromatic rings. The Kier molecular flexibility index (Phi) is 3.46. The first-order valence-electron chi connectivity index (χ1n) is 5.53. The first kappa shape index (κ1) is 13.0. The zero-order chi connectivity index (χ0) is 14.0. The van der Waals surface area contributed by atoms with Crippen molar-refractivity contribution in [2.45, 2.75) is 6.92 Å². The summed E-state index contributed by atoms with van der Waals surface area (Å²) in [5.74, 6) is -2.17. The molecule has 0 radical (unpaired) electrons. The first-order valence-corrected chi connectivity index (χ1v) is 5.53. The lowest BCUT2D eigenvalue weighted by Crippen LogP contribution is -2.00. The lowest BCUT2D eigenvalue weighted by atomic mass is 10.1. The third-order valence-corrected chi connectivity index (χ3v) is 2.67. The number of halogens is 2. The van der Waals surface area contributed by atoms with Crippen molar-refractivity contribution in [3.63, 3.8) is 0 Å². The minimum absolute atomic E-state index is 0.00572. The van der Waals surface area contributed by atoms with Crippen LogP contribution in [0.25, 0.3) is 0 Å². The van der Waals surface area contributed by atoms with Gasteiger partial charge in [-0.1, -0.05) is 0 Å². The van der Waals surface area contributed by atoms with Crippen LogP contribution in [0.4, 0.5) is 20.2 Å². The minimum atomic E-state index is -1.04. The highest BCUT2D eigenvalue weighted by molar-refractivity contribution is 5.88. The van der Waals surface area contributed by atoms with Crippen molar-refractivity contribution in [1.29, 1.82) is 0 Å². The van der Waals surface area contributed by atoms with Crippen LogP contribution >= 0.6 is 0 Å². The normalized spacial score (nSPS) is 10.3. The molecular formula is C14H11F2NO2. The summed E-state index contributed by atoms with van der Waals surface area (Å²) in [6, 6.07) is 7.47. The number of rotatable bonds is 3. The molecular weight excluding hydrogens is 252 g/mol. The van der Waals surface area contributed by atoms with E-state index in [0.717, 1.165) is 18.2 Å². The summed E-state index contributed by atoms with van der Waals surface area (Å²) in [6.45, 7) is 1.69. The molecule has 0 saturated carbocycles. The predicted octanol–water partition coefficient (Wildman–Crippen LogP) is 3.72. The van der Waals surface area contributed by atoms with Crippen LogP contribution in [0.15, 0.2) is 36.4 Å². The largest absolute Gasteiger partial charge is 0.478 e. The van der Waals surface area contributed by atoms with E-state index in [4.69, 9.17) is 5.11 Å². The smallest absolute Gasteiger partial charge is 0.335 e. The average molecular weight is 263 g/mol. The molecule has 3 nitrogen and oxygen atoms in total. The van der Waals surface area contributed by atoms with Crippen molar-refractivity contribution in [1.82, 2.24) is 0 Å². The molecule has 0 heterocycles. The summed E-state index contributed by atoms with van der Waals surface area (Å²) < 4.78 is 26.5. The van der Waals surface area contributed by atoms with Crippen molar-refractivity contribution < 1.29 is 18.7 Å². The van der Waals surface area contributed by atoms with Gasteiger partial charge in [-0.3, -0.25) is 0 Å². The Morgan fingerprint density at radius 1 is 1.11 bits per heavy atom. The summed E-state index contributed by atoms with van der Waals surface area (Å²) in [5.41, 5.74) is 1.30. The number of nitrogens with one attached hydrogen (secondary N) is 1. The summed E-state index contributed by atoms with van der Waals surface area (Å²) in [5, 5.41) is 11.6. The van der Waals surface area contributed by atoms with E-state index in [1.165, 1.54) is 18.2 Å². The van der Waals surface area contributed by atoms with E-state index < -0.39 is 17.6 Å². The fourth-order valence-electron chi connectivity index (χ4n) is 1.68. The summed E-state index contributed by atoms with van der Waals surface area (Å²) >= 11 is 0. The standard InChI is InChI=1S/C14H11F2NO2/c1-8-6-9(14(18)19)2-5-12(8)17-13-7-10(15)3-4-11(13)16/h2-7,17H,1H3,(H,18,19). The fourth-order valence-corrected chi connectivity index (χ4v) is 1.68. The number of benzene rings is 2. The third kappa shape index (κ3) is 2.88. The van der Waals surface area contributed by atoms with E-state index >= 15 is 0 Å². The molecule has 0 spiro atoms. The van der Waals surface area contributed by atoms with E-state index in [-0.39, 0.29) is 11.3 Å². The molecule has 5 heteroatoms. The van der Waals surface area contributed by atoms with Gasteiger partial charge in [0, 0.05) is 11.8 Å². The number of hydrogen-bond acceptors (Lipinski definition) is 2. The van der Waals surface area contributed by atoms with E-state index in [1.807, 2.05) is 0 Å². The second-order valence-corrected chi connectivity index (χ2v) is 4.08. The number of anilines is 2. The van der Waals surface area contributed by atoms with Crippen LogP contribution < -0.4 is 5.32 Å². The van der Waals surface area contributed by atoms with Crippen LogP contribution in [0.5, 0.6) is 0 Å². The Bertz CT molecular complexity index is 641. The van der Waals surface area contributed by atoms with Crippen LogP contribution in [0.1, 0.15) is 15.9 Å². The molecule has 0 aromatic heterocycles. The maximum Gasteiger partial charge on any atom is 0.335 e. The second kappa shape index (κ2) is 5.06. The van der Waals surface area contributed by atoms with Crippen LogP contribution in [-0.2, 0) is 0 Å². The zero-order valence-electron chi connectivity index (χ0n) is 10.1. The van der Waals surface area contributed by atoms with E-state index in [9.17, 15) is 13.6 Å². The molecule has 2 N–H and O–H groups in total. The highest BCUT2D eigenvalue weighted by Gasteiger charge is 2.08. The number of hydrogen-bond donors (Lipinski definition) is 2. The summed E-state index contributed by atoms with van der Waals surface area (Å²) in [4.78, 5) is 10.8. The minimum Gasteiger partial charge on any atom is -0.478 e. The van der Waals surface area contributed by atoms with Crippen molar-refractivity contribution in [3.8, 4) is 0 Å². The summed E-state index contributed by atoms with van der Waals surface area (Å²) in [7, 11) is 0. The molecule has 0 atom stereocenters. The Labute approximate surface area is 108 Å². The van der Waals surface area contributed by atoms with Gasteiger partial charge in [0.2, 0.25) is 0 Å². The van der Waals surface area contributed by atoms with E-state index in [2.05, 4.69) is 5.32 Å². The molecule has 0 bridgehead atoms. The predicted molar refractivity (Wildman–Crippen MR) is 67.8 cm³/mol. The van der Waals surface area contributed by atoms with E-state index in [0.29, 0.717) is 11.3 Å². The number of carbonyl (C=O) groups is 1. The quantitative estimate of drug-likeness (QED) is 0.887. The molecule has 0 saturated heterocycles. The van der Waals surface area contributed by atoms with Gasteiger partial charge in [0.05, 0.1) is 11.3 Å². The van der Waals surface area contributed by atoms with Gasteiger partial charge in [-0.15, -0.1) is 0 Å². The van der Waals surface area contributed by atoms with Gasteiger partial charge in [0.25, 0.3) is 0 Å². The monoisotopic (exact) mass is 263 g/mol. The molecule has 0 fully saturated rings. The fraction of sp³-hybridized carbons (Fsp3) is 0.0714. The molecule has 19 heavy (non-hydrogen) atoms. The van der Waals surface area contributed by atoms with Gasteiger partial charge < -0.3 is 10.4 Å². The molecule has 0 aliphatic rings. The highest BCUT2D eigenvalue weighted by Crippen LogP contribution is 2.24. The Balaban J connectivity index is 2.33. The summed E-state index contributed by atoms with van der Waals surface area (Å²) in [6.07, 6.45) is 0. The van der Waals surface area contributed by atoms with Crippen molar-refractivity contribution >= 4 is 17.3 Å². The SMILES string of the molecule is Cc1cc(C(=O)O)ccc1Nc1cc(F)ccc1F. The maximum absolute atomic E-state index is 13.5. The third-order valence-electron chi connectivity index (χ3n) is 2.67. The topological polar surface area (TPSA) is 49.3 Å². The number of carboxylic acids is 1. The van der Waals surface area contributed by atoms with Crippen molar-refractivity contribution in [3.05, 3.63) is 59.2 Å². The zero-order valence-corrected chi connectivity index (χ0v) is 10.1. The molecule has 0 aliphatic heterocycles. The Morgan fingerprint density at radius 2 is 1.84 bits per heavy atom. The van der Waals surface area contributed by atoms with Crippen LogP contribution in [0, 0.1) is 18.6 Å². The number of aryl methyl sites for hydroxylation is 1. The Morgan fingerprint density at radius 3 is 2.47 bits per heavy atom. The molecule has 2 rings (SSSR count). The average Bonchev–Trinajstić information content (AvgIpc) is 2.36. The molecule has 0 unspecified atom stereocenters. The van der Waals surface area contributed by atoms with Crippen LogP contribution in [0.3, 0.4) is 0 Å². The van der Waals surface area contributed by atoms with Crippen molar-refractivity contribution in [2.75, 3.05) is 5.32 Å². The van der Waals surface area contributed by atoms with Gasteiger partial charge in [0.15, 0.2) is 0 Å². The van der Waals surface area contributed by atoms with Gasteiger partial charge in [0.1, 0.15) is 11.6 Å². The van der Waals surface area contributed by atoms with Gasteiger partial charge in [-0.05, 0) is 42.8 Å². The Hall–Kier alpha value is -2.43. The van der Waals surface area contributed by atoms with Gasteiger partial charge in [-0.2, -0.15) is 0 Å². The second-order valence-electron chi connectivity index (χ2n) is 4.08. The molecule has 2 aromatic carbocycles. The lowest BCUT2D eigenvalue weighted by molar-refractivity contribution is 0.0697. The van der Waals surface area contributed by atoms with Crippen LogP contribution in [-0.4, -0.2) is 11.1 Å². The van der Waals surface area contributed by atoms with Gasteiger partial charge in [-0.25, -0.2) is 13.6 Å². The number of carboxylic acid groups (broad SMARTS) is 1. The highest BCUT2D eigenvalue weighted by atomic mass is 19.1. The van der Waals surface area contributed by atoms with Gasteiger partial charge >= 0.3 is 5.97 Å². The lowest BCUT2D eigenvalue weighted by Gasteiger charge is -2.11. The number of aromatic carboxylic acids is 1. The van der Waals surface area contributed by atoms with E-state index in [1.54, 1.807) is 6.92 Å².